The van der Waals surface area contributed by atoms with Gasteiger partial charge in [0.15, 0.2) is 0 Å². The molecule has 2 rings (SSSR count). The summed E-state index contributed by atoms with van der Waals surface area (Å²) in [6.45, 7) is 2.87. The first kappa shape index (κ1) is 15.0. The van der Waals surface area contributed by atoms with Gasteiger partial charge in [-0.1, -0.05) is 0 Å². The molecule has 20 heavy (non-hydrogen) atoms. The fourth-order valence-corrected chi connectivity index (χ4v) is 2.59. The molecule has 1 aliphatic rings. The Labute approximate surface area is 123 Å². The van der Waals surface area contributed by atoms with E-state index < -0.39 is 11.2 Å². The Morgan fingerprint density at radius 3 is 3.00 bits per heavy atom. The number of aromatic nitrogens is 2. The van der Waals surface area contributed by atoms with Crippen LogP contribution in [0, 0.1) is 0 Å². The SMILES string of the molecule is CC1NCCCC1NC(=O)Cn1cc(Br)c(=O)[nH]c1=O. The molecule has 8 heteroatoms. The van der Waals surface area contributed by atoms with Crippen LogP contribution in [0.1, 0.15) is 19.8 Å². The van der Waals surface area contributed by atoms with Gasteiger partial charge in [0, 0.05) is 18.3 Å². The van der Waals surface area contributed by atoms with Gasteiger partial charge in [0.25, 0.3) is 5.56 Å². The van der Waals surface area contributed by atoms with E-state index in [2.05, 4.69) is 31.5 Å². The van der Waals surface area contributed by atoms with Crippen LogP contribution in [-0.4, -0.2) is 34.1 Å². The summed E-state index contributed by atoms with van der Waals surface area (Å²) in [5.74, 6) is -0.244. The molecule has 1 aliphatic heterocycles. The quantitative estimate of drug-likeness (QED) is 0.692. The Morgan fingerprint density at radius 2 is 2.30 bits per heavy atom. The summed E-state index contributed by atoms with van der Waals surface area (Å²) in [6.07, 6.45) is 3.26. The number of halogens is 1. The van der Waals surface area contributed by atoms with Crippen LogP contribution in [0.25, 0.3) is 0 Å². The summed E-state index contributed by atoms with van der Waals surface area (Å²) in [7, 11) is 0. The van der Waals surface area contributed by atoms with Crippen LogP contribution in [0.2, 0.25) is 0 Å². The maximum Gasteiger partial charge on any atom is 0.328 e. The summed E-state index contributed by atoms with van der Waals surface area (Å²) >= 11 is 3.03. The summed E-state index contributed by atoms with van der Waals surface area (Å²) in [6, 6.07) is 0.282. The predicted molar refractivity (Wildman–Crippen MR) is 77.7 cm³/mol. The number of carbonyl (C=O) groups is 1. The number of piperidine rings is 1. The molecule has 1 aromatic rings. The molecule has 110 valence electrons. The second-order valence-electron chi connectivity index (χ2n) is 4.92. The second kappa shape index (κ2) is 6.36. The predicted octanol–water partition coefficient (Wildman–Crippen LogP) is -0.444. The minimum absolute atomic E-state index is 0.0677. The van der Waals surface area contributed by atoms with Crippen LogP contribution in [-0.2, 0) is 11.3 Å². The molecule has 2 heterocycles. The number of carbonyl (C=O) groups excluding carboxylic acids is 1. The monoisotopic (exact) mass is 344 g/mol. The van der Waals surface area contributed by atoms with Crippen molar-refractivity contribution < 1.29 is 4.79 Å². The lowest BCUT2D eigenvalue weighted by atomic mass is 10.00. The van der Waals surface area contributed by atoms with Gasteiger partial charge in [-0.25, -0.2) is 4.79 Å². The molecular formula is C12H17BrN4O3. The Morgan fingerprint density at radius 1 is 1.55 bits per heavy atom. The van der Waals surface area contributed by atoms with Crippen LogP contribution >= 0.6 is 15.9 Å². The van der Waals surface area contributed by atoms with E-state index in [1.54, 1.807) is 0 Å². The molecular weight excluding hydrogens is 328 g/mol. The lowest BCUT2D eigenvalue weighted by Gasteiger charge is -2.30. The topological polar surface area (TPSA) is 96.0 Å². The summed E-state index contributed by atoms with van der Waals surface area (Å²) in [5.41, 5.74) is -1.10. The fraction of sp³-hybridized carbons (Fsp3) is 0.583. The maximum absolute atomic E-state index is 12.0. The van der Waals surface area contributed by atoms with E-state index in [0.717, 1.165) is 19.4 Å². The van der Waals surface area contributed by atoms with E-state index in [9.17, 15) is 14.4 Å². The minimum Gasteiger partial charge on any atom is -0.350 e. The fourth-order valence-electron chi connectivity index (χ4n) is 2.25. The average Bonchev–Trinajstić information content (AvgIpc) is 2.39. The van der Waals surface area contributed by atoms with E-state index in [1.165, 1.54) is 10.8 Å². The molecule has 1 amide bonds. The number of rotatable bonds is 3. The lowest BCUT2D eigenvalue weighted by Crippen LogP contribution is -2.52. The third-order valence-corrected chi connectivity index (χ3v) is 3.95. The molecule has 0 spiro atoms. The Bertz CT molecular complexity index is 609. The molecule has 2 unspecified atom stereocenters. The zero-order chi connectivity index (χ0) is 14.7. The number of amides is 1. The van der Waals surface area contributed by atoms with Gasteiger partial charge in [0.2, 0.25) is 5.91 Å². The molecule has 3 N–H and O–H groups in total. The smallest absolute Gasteiger partial charge is 0.328 e. The normalized spacial score (nSPS) is 22.5. The highest BCUT2D eigenvalue weighted by Gasteiger charge is 2.22. The zero-order valence-corrected chi connectivity index (χ0v) is 12.7. The highest BCUT2D eigenvalue weighted by molar-refractivity contribution is 9.10. The third-order valence-electron chi connectivity index (χ3n) is 3.39. The van der Waals surface area contributed by atoms with E-state index in [4.69, 9.17) is 0 Å². The Kier molecular flexibility index (Phi) is 4.77. The van der Waals surface area contributed by atoms with E-state index >= 15 is 0 Å². The first-order valence-corrected chi connectivity index (χ1v) is 7.28. The van der Waals surface area contributed by atoms with Gasteiger partial charge in [-0.3, -0.25) is 19.1 Å². The highest BCUT2D eigenvalue weighted by atomic mass is 79.9. The standard InChI is InChI=1S/C12H17BrN4O3/c1-7-9(3-2-4-14-7)15-10(18)6-17-5-8(13)11(19)16-12(17)20/h5,7,9,14H,2-4,6H2,1H3,(H,15,18)(H,16,19,20). The average molecular weight is 345 g/mol. The van der Waals surface area contributed by atoms with Crippen molar-refractivity contribution in [2.45, 2.75) is 38.4 Å². The van der Waals surface area contributed by atoms with Crippen LogP contribution in [0.4, 0.5) is 0 Å². The third kappa shape index (κ3) is 3.57. The number of nitrogens with zero attached hydrogens (tertiary/aromatic N) is 1. The van der Waals surface area contributed by atoms with Gasteiger partial charge in [0.1, 0.15) is 6.54 Å². The number of aromatic amines is 1. The first-order valence-electron chi connectivity index (χ1n) is 6.49. The minimum atomic E-state index is -0.594. The van der Waals surface area contributed by atoms with Crippen molar-refractivity contribution in [3.05, 3.63) is 31.5 Å². The van der Waals surface area contributed by atoms with Crippen molar-refractivity contribution in [1.29, 1.82) is 0 Å². The number of H-pyrrole nitrogens is 1. The maximum atomic E-state index is 12.0. The molecule has 7 nitrogen and oxygen atoms in total. The lowest BCUT2D eigenvalue weighted by molar-refractivity contribution is -0.122. The number of nitrogens with one attached hydrogen (secondary N) is 3. The van der Waals surface area contributed by atoms with Gasteiger partial charge < -0.3 is 10.6 Å². The Balaban J connectivity index is 2.03. The molecule has 1 fully saturated rings. The van der Waals surface area contributed by atoms with Crippen LogP contribution in [0.15, 0.2) is 20.3 Å². The molecule has 0 aliphatic carbocycles. The molecule has 2 atom stereocenters. The summed E-state index contributed by atoms with van der Waals surface area (Å²) in [4.78, 5) is 36.9. The van der Waals surface area contributed by atoms with Gasteiger partial charge in [-0.05, 0) is 42.2 Å². The number of hydrogen-bond donors (Lipinski definition) is 3. The second-order valence-corrected chi connectivity index (χ2v) is 5.78. The summed E-state index contributed by atoms with van der Waals surface area (Å²) < 4.78 is 1.39. The van der Waals surface area contributed by atoms with Crippen molar-refractivity contribution in [3.63, 3.8) is 0 Å². The Hall–Kier alpha value is -1.41. The van der Waals surface area contributed by atoms with Crippen molar-refractivity contribution in [1.82, 2.24) is 20.2 Å². The molecule has 1 aromatic heterocycles. The van der Waals surface area contributed by atoms with Crippen LogP contribution in [0.5, 0.6) is 0 Å². The first-order chi connectivity index (χ1) is 9.47. The largest absolute Gasteiger partial charge is 0.350 e. The molecule has 0 saturated carbocycles. The zero-order valence-electron chi connectivity index (χ0n) is 11.1. The molecule has 0 aromatic carbocycles. The van der Waals surface area contributed by atoms with Gasteiger partial charge in [-0.15, -0.1) is 0 Å². The van der Waals surface area contributed by atoms with Gasteiger partial charge >= 0.3 is 5.69 Å². The molecule has 1 saturated heterocycles. The van der Waals surface area contributed by atoms with Crippen molar-refractivity contribution >= 4 is 21.8 Å². The summed E-state index contributed by atoms with van der Waals surface area (Å²) in [5, 5.41) is 6.20. The van der Waals surface area contributed by atoms with Crippen molar-refractivity contribution in [2.24, 2.45) is 0 Å². The van der Waals surface area contributed by atoms with Gasteiger partial charge in [0.05, 0.1) is 4.47 Å². The highest BCUT2D eigenvalue weighted by Crippen LogP contribution is 2.08. The van der Waals surface area contributed by atoms with Gasteiger partial charge in [-0.2, -0.15) is 0 Å². The van der Waals surface area contributed by atoms with E-state index in [0.29, 0.717) is 0 Å². The van der Waals surface area contributed by atoms with E-state index in [1.807, 2.05) is 6.92 Å². The van der Waals surface area contributed by atoms with Crippen LogP contribution < -0.4 is 21.9 Å². The van der Waals surface area contributed by atoms with Crippen molar-refractivity contribution in [3.8, 4) is 0 Å². The van der Waals surface area contributed by atoms with Crippen LogP contribution in [0.3, 0.4) is 0 Å². The number of hydrogen-bond acceptors (Lipinski definition) is 4. The molecule has 0 bridgehead atoms. The van der Waals surface area contributed by atoms with Crippen molar-refractivity contribution in [2.75, 3.05) is 6.54 Å². The molecule has 0 radical (unpaired) electrons. The van der Waals surface area contributed by atoms with E-state index in [-0.39, 0.29) is 29.0 Å².